The molecular weight excluding hydrogens is 212 g/mol. The molecule has 16 heavy (non-hydrogen) atoms. The van der Waals surface area contributed by atoms with Crippen LogP contribution in [0.1, 0.15) is 20.8 Å². The zero-order chi connectivity index (χ0) is 12.7. The predicted molar refractivity (Wildman–Crippen MR) is 57.8 cm³/mol. The van der Waals surface area contributed by atoms with Crippen molar-refractivity contribution in [2.45, 2.75) is 26.8 Å². The minimum Gasteiger partial charge on any atom is -0.354 e. The number of carbonyl (C=O) groups excluding carboxylic acids is 3. The molecule has 1 unspecified atom stereocenters. The molecule has 0 bridgehead atoms. The van der Waals surface area contributed by atoms with Crippen LogP contribution in [0, 0.1) is 5.92 Å². The predicted octanol–water partition coefficient (Wildman–Crippen LogP) is -1.75. The standard InChI is InChI=1S/C9H18N4O3/c1-5(2)4-11-7(14)6(3)12-8(15)9(16)13-10/h5-6H,4,10H2,1-3H3,(H,11,14)(H,12,15)(H,13,16). The van der Waals surface area contributed by atoms with Gasteiger partial charge in [0.15, 0.2) is 0 Å². The number of nitrogens with two attached hydrogens (primary N) is 1. The third-order valence-electron chi connectivity index (χ3n) is 1.76. The second-order valence-corrected chi connectivity index (χ2v) is 3.81. The Balaban J connectivity index is 4.05. The van der Waals surface area contributed by atoms with Crippen molar-refractivity contribution in [3.05, 3.63) is 0 Å². The number of hydrogen-bond acceptors (Lipinski definition) is 4. The van der Waals surface area contributed by atoms with Gasteiger partial charge in [0.1, 0.15) is 6.04 Å². The first kappa shape index (κ1) is 14.4. The Labute approximate surface area is 94.1 Å². The quantitative estimate of drug-likeness (QED) is 0.198. The topological polar surface area (TPSA) is 113 Å². The van der Waals surface area contributed by atoms with Gasteiger partial charge in [0, 0.05) is 6.54 Å². The van der Waals surface area contributed by atoms with Gasteiger partial charge in [-0.15, -0.1) is 0 Å². The SMILES string of the molecule is CC(C)CNC(=O)C(C)NC(=O)C(=O)NN. The van der Waals surface area contributed by atoms with E-state index in [1.165, 1.54) is 6.92 Å². The highest BCUT2D eigenvalue weighted by atomic mass is 16.2. The smallest absolute Gasteiger partial charge is 0.323 e. The summed E-state index contributed by atoms with van der Waals surface area (Å²) < 4.78 is 0. The lowest BCUT2D eigenvalue weighted by Crippen LogP contribution is -2.51. The zero-order valence-corrected chi connectivity index (χ0v) is 9.66. The maximum atomic E-state index is 11.4. The normalized spacial score (nSPS) is 11.8. The number of nitrogens with one attached hydrogen (secondary N) is 3. The largest absolute Gasteiger partial charge is 0.354 e. The highest BCUT2D eigenvalue weighted by Gasteiger charge is 2.19. The Kier molecular flexibility index (Phi) is 6.09. The Morgan fingerprint density at radius 3 is 2.12 bits per heavy atom. The molecule has 0 aliphatic rings. The summed E-state index contributed by atoms with van der Waals surface area (Å²) in [5.74, 6) is 2.82. The van der Waals surface area contributed by atoms with Crippen LogP contribution in [0.15, 0.2) is 0 Å². The average Bonchev–Trinajstić information content (AvgIpc) is 2.24. The molecule has 7 nitrogen and oxygen atoms in total. The average molecular weight is 230 g/mol. The van der Waals surface area contributed by atoms with Crippen LogP contribution in [0.4, 0.5) is 0 Å². The van der Waals surface area contributed by atoms with Crippen molar-refractivity contribution >= 4 is 17.7 Å². The fraction of sp³-hybridized carbons (Fsp3) is 0.667. The lowest BCUT2D eigenvalue weighted by molar-refractivity contribution is -0.140. The second kappa shape index (κ2) is 6.78. The summed E-state index contributed by atoms with van der Waals surface area (Å²) in [5.41, 5.74) is 1.68. The van der Waals surface area contributed by atoms with Gasteiger partial charge in [-0.1, -0.05) is 13.8 Å². The van der Waals surface area contributed by atoms with Crippen LogP contribution < -0.4 is 21.9 Å². The van der Waals surface area contributed by atoms with E-state index < -0.39 is 17.9 Å². The Morgan fingerprint density at radius 1 is 1.12 bits per heavy atom. The zero-order valence-electron chi connectivity index (χ0n) is 9.66. The lowest BCUT2D eigenvalue weighted by atomic mass is 10.2. The van der Waals surface area contributed by atoms with E-state index in [1.54, 1.807) is 5.43 Å². The van der Waals surface area contributed by atoms with E-state index in [2.05, 4.69) is 10.6 Å². The Morgan fingerprint density at radius 2 is 1.69 bits per heavy atom. The van der Waals surface area contributed by atoms with Crippen molar-refractivity contribution < 1.29 is 14.4 Å². The molecular formula is C9H18N4O3. The second-order valence-electron chi connectivity index (χ2n) is 3.81. The minimum absolute atomic E-state index is 0.319. The summed E-state index contributed by atoms with van der Waals surface area (Å²) in [5, 5.41) is 4.84. The van der Waals surface area contributed by atoms with Gasteiger partial charge in [-0.3, -0.25) is 19.8 Å². The van der Waals surface area contributed by atoms with E-state index in [9.17, 15) is 14.4 Å². The van der Waals surface area contributed by atoms with Crippen LogP contribution >= 0.6 is 0 Å². The summed E-state index contributed by atoms with van der Waals surface area (Å²) in [6.07, 6.45) is 0. The molecule has 0 aliphatic carbocycles. The fourth-order valence-corrected chi connectivity index (χ4v) is 0.851. The molecule has 92 valence electrons. The van der Waals surface area contributed by atoms with E-state index >= 15 is 0 Å². The molecule has 0 saturated heterocycles. The number of hydrogen-bond donors (Lipinski definition) is 4. The number of rotatable bonds is 4. The molecule has 0 fully saturated rings. The van der Waals surface area contributed by atoms with E-state index in [4.69, 9.17) is 5.84 Å². The van der Waals surface area contributed by atoms with Crippen molar-refractivity contribution in [1.29, 1.82) is 0 Å². The van der Waals surface area contributed by atoms with Crippen molar-refractivity contribution in [3.8, 4) is 0 Å². The van der Waals surface area contributed by atoms with E-state index in [0.29, 0.717) is 12.5 Å². The first-order valence-electron chi connectivity index (χ1n) is 4.97. The summed E-state index contributed by atoms with van der Waals surface area (Å²) in [7, 11) is 0. The third kappa shape index (κ3) is 5.30. The molecule has 0 heterocycles. The maximum Gasteiger partial charge on any atom is 0.323 e. The molecule has 0 radical (unpaired) electrons. The molecule has 3 amide bonds. The molecule has 0 aliphatic heterocycles. The Bertz CT molecular complexity index is 278. The first-order chi connectivity index (χ1) is 7.38. The Hall–Kier alpha value is -1.63. The molecule has 0 rings (SSSR count). The van der Waals surface area contributed by atoms with Crippen LogP contribution in [0.25, 0.3) is 0 Å². The van der Waals surface area contributed by atoms with Crippen molar-refractivity contribution in [3.63, 3.8) is 0 Å². The van der Waals surface area contributed by atoms with Crippen molar-refractivity contribution in [1.82, 2.24) is 16.1 Å². The molecule has 0 saturated carbocycles. The van der Waals surface area contributed by atoms with Crippen LogP contribution in [-0.4, -0.2) is 30.3 Å². The minimum atomic E-state index is -0.983. The molecule has 7 heteroatoms. The van der Waals surface area contributed by atoms with Gasteiger partial charge in [0.05, 0.1) is 0 Å². The molecule has 0 aromatic carbocycles. The lowest BCUT2D eigenvalue weighted by Gasteiger charge is -2.14. The first-order valence-corrected chi connectivity index (χ1v) is 4.97. The molecule has 5 N–H and O–H groups in total. The van der Waals surface area contributed by atoms with Gasteiger partial charge >= 0.3 is 11.8 Å². The highest BCUT2D eigenvalue weighted by Crippen LogP contribution is 1.89. The fourth-order valence-electron chi connectivity index (χ4n) is 0.851. The van der Waals surface area contributed by atoms with Crippen molar-refractivity contribution in [2.24, 2.45) is 11.8 Å². The van der Waals surface area contributed by atoms with Gasteiger partial charge in [-0.05, 0) is 12.8 Å². The summed E-state index contributed by atoms with van der Waals surface area (Å²) >= 11 is 0. The summed E-state index contributed by atoms with van der Waals surface area (Å²) in [6, 6.07) is -0.774. The molecule has 0 aromatic rings. The van der Waals surface area contributed by atoms with Crippen molar-refractivity contribution in [2.75, 3.05) is 6.54 Å². The van der Waals surface area contributed by atoms with Gasteiger partial charge in [0.2, 0.25) is 5.91 Å². The molecule has 0 aromatic heterocycles. The van der Waals surface area contributed by atoms with Crippen LogP contribution in [0.2, 0.25) is 0 Å². The monoisotopic (exact) mass is 230 g/mol. The van der Waals surface area contributed by atoms with Gasteiger partial charge < -0.3 is 10.6 Å². The molecule has 0 spiro atoms. The summed E-state index contributed by atoms with van der Waals surface area (Å²) in [6.45, 7) is 5.90. The number of hydrazine groups is 1. The van der Waals surface area contributed by atoms with E-state index in [-0.39, 0.29) is 5.91 Å². The number of amides is 3. The van der Waals surface area contributed by atoms with Gasteiger partial charge in [-0.2, -0.15) is 0 Å². The van der Waals surface area contributed by atoms with E-state index in [1.807, 2.05) is 13.8 Å². The summed E-state index contributed by atoms with van der Waals surface area (Å²) in [4.78, 5) is 33.2. The molecule has 1 atom stereocenters. The van der Waals surface area contributed by atoms with Gasteiger partial charge in [-0.25, -0.2) is 5.84 Å². The number of carbonyl (C=O) groups is 3. The van der Waals surface area contributed by atoms with E-state index in [0.717, 1.165) is 0 Å². The van der Waals surface area contributed by atoms with Crippen LogP contribution in [0.5, 0.6) is 0 Å². The van der Waals surface area contributed by atoms with Gasteiger partial charge in [0.25, 0.3) is 0 Å². The van der Waals surface area contributed by atoms with Crippen LogP contribution in [0.3, 0.4) is 0 Å². The maximum absolute atomic E-state index is 11.4. The van der Waals surface area contributed by atoms with Crippen LogP contribution in [-0.2, 0) is 14.4 Å². The third-order valence-corrected chi connectivity index (χ3v) is 1.76. The highest BCUT2D eigenvalue weighted by molar-refractivity contribution is 6.35.